The van der Waals surface area contributed by atoms with Crippen LogP contribution in [0.2, 0.25) is 5.02 Å². The van der Waals surface area contributed by atoms with Gasteiger partial charge in [0.2, 0.25) is 10.0 Å². The molecule has 1 saturated carbocycles. The van der Waals surface area contributed by atoms with Crippen molar-refractivity contribution >= 4 is 33.2 Å². The number of sulfonamides is 1. The monoisotopic (exact) mass is 675 g/mol. The van der Waals surface area contributed by atoms with E-state index in [1.165, 1.54) is 11.1 Å². The zero-order valence-corrected chi connectivity index (χ0v) is 28.1. The van der Waals surface area contributed by atoms with Gasteiger partial charge in [-0.1, -0.05) is 35.9 Å². The summed E-state index contributed by atoms with van der Waals surface area (Å²) < 4.78 is 36.1. The molecule has 0 radical (unpaired) electrons. The molecule has 0 unspecified atom stereocenters. The number of pyridine rings is 1. The first-order chi connectivity index (χ1) is 22.6. The Hall–Kier alpha value is -3.66. The van der Waals surface area contributed by atoms with Crippen LogP contribution in [0.1, 0.15) is 71.0 Å². The molecule has 2 heterocycles. The second-order valence-corrected chi connectivity index (χ2v) is 15.4. The highest BCUT2D eigenvalue weighted by Gasteiger charge is 2.44. The quantitative estimate of drug-likeness (QED) is 0.222. The first kappa shape index (κ1) is 33.2. The summed E-state index contributed by atoms with van der Waals surface area (Å²) in [5.41, 5.74) is 3.47. The normalized spacial score (nSPS) is 23.2. The third-order valence-electron chi connectivity index (χ3n) is 10.2. The first-order valence-electron chi connectivity index (χ1n) is 16.3. The van der Waals surface area contributed by atoms with E-state index in [-0.39, 0.29) is 29.2 Å². The number of aliphatic hydroxyl groups is 1. The SMILES string of the molecule is C=CCC[C@H](c1ccccn1)S(=O)(=O)NC(=O)c1ccc2c(c1)N(C[C@@H]1CC[C@H]1[C@@H](O)C=C)C[C@@]1(CCCc3cc(Cl)ccc31)CO2. The molecule has 3 aliphatic rings. The van der Waals surface area contributed by atoms with E-state index in [1.807, 2.05) is 6.07 Å². The van der Waals surface area contributed by atoms with Gasteiger partial charge >= 0.3 is 0 Å². The van der Waals surface area contributed by atoms with Crippen LogP contribution in [-0.2, 0) is 21.9 Å². The molecular formula is C37H42ClN3O5S. The van der Waals surface area contributed by atoms with Crippen molar-refractivity contribution < 1.29 is 23.1 Å². The summed E-state index contributed by atoms with van der Waals surface area (Å²) in [5, 5.41) is 10.3. The summed E-state index contributed by atoms with van der Waals surface area (Å²) in [6, 6.07) is 16.3. The van der Waals surface area contributed by atoms with Crippen molar-refractivity contribution in [3.63, 3.8) is 0 Å². The summed E-state index contributed by atoms with van der Waals surface area (Å²) in [7, 11) is -4.13. The molecule has 5 atom stereocenters. The lowest BCUT2D eigenvalue weighted by atomic mass is 9.68. The van der Waals surface area contributed by atoms with Gasteiger partial charge < -0.3 is 14.7 Å². The zero-order valence-electron chi connectivity index (χ0n) is 26.5. The molecule has 1 aromatic heterocycles. The summed E-state index contributed by atoms with van der Waals surface area (Å²) in [6.45, 7) is 9.30. The first-order valence-corrected chi connectivity index (χ1v) is 18.3. The average Bonchev–Trinajstić information content (AvgIpc) is 3.20. The van der Waals surface area contributed by atoms with E-state index < -0.39 is 27.3 Å². The Morgan fingerprint density at radius 3 is 2.77 bits per heavy atom. The topological polar surface area (TPSA) is 109 Å². The van der Waals surface area contributed by atoms with Crippen molar-refractivity contribution in [2.75, 3.05) is 24.6 Å². The van der Waals surface area contributed by atoms with Gasteiger partial charge in [0, 0.05) is 35.3 Å². The molecule has 1 fully saturated rings. The van der Waals surface area contributed by atoms with Gasteiger partial charge in [-0.15, -0.1) is 13.2 Å². The molecule has 0 saturated heterocycles. The second kappa shape index (κ2) is 13.8. The lowest BCUT2D eigenvalue weighted by Gasteiger charge is -2.45. The minimum atomic E-state index is -4.13. The van der Waals surface area contributed by atoms with Crippen LogP contribution in [0.3, 0.4) is 0 Å². The number of carbonyl (C=O) groups excluding carboxylic acids is 1. The number of aliphatic hydroxyl groups excluding tert-OH is 1. The van der Waals surface area contributed by atoms with Crippen LogP contribution in [0.25, 0.3) is 0 Å². The molecule has 10 heteroatoms. The van der Waals surface area contributed by atoms with E-state index in [2.05, 4.69) is 39.9 Å². The number of carbonyl (C=O) groups is 1. The van der Waals surface area contributed by atoms with E-state index in [1.54, 1.807) is 54.7 Å². The van der Waals surface area contributed by atoms with Crippen LogP contribution in [0.15, 0.2) is 86.1 Å². The summed E-state index contributed by atoms with van der Waals surface area (Å²) in [4.78, 5) is 20.2. The number of benzene rings is 2. The number of hydrogen-bond donors (Lipinski definition) is 2. The molecule has 1 amide bonds. The van der Waals surface area contributed by atoms with Crippen molar-refractivity contribution in [2.24, 2.45) is 11.8 Å². The lowest BCUT2D eigenvalue weighted by Crippen LogP contribution is -2.49. The third-order valence-corrected chi connectivity index (χ3v) is 12.1. The van der Waals surface area contributed by atoms with Gasteiger partial charge in [-0.2, -0.15) is 0 Å². The van der Waals surface area contributed by atoms with Gasteiger partial charge in [-0.05, 0) is 110 Å². The van der Waals surface area contributed by atoms with E-state index in [0.29, 0.717) is 42.6 Å². The Morgan fingerprint density at radius 1 is 1.19 bits per heavy atom. The van der Waals surface area contributed by atoms with E-state index in [0.717, 1.165) is 37.8 Å². The minimum absolute atomic E-state index is 0.101. The maximum absolute atomic E-state index is 13.7. The fourth-order valence-electron chi connectivity index (χ4n) is 7.54. The van der Waals surface area contributed by atoms with Crippen LogP contribution in [-0.4, -0.2) is 50.2 Å². The highest BCUT2D eigenvalue weighted by molar-refractivity contribution is 7.90. The zero-order chi connectivity index (χ0) is 33.2. The van der Waals surface area contributed by atoms with Crippen LogP contribution < -0.4 is 14.4 Å². The Morgan fingerprint density at radius 2 is 2.04 bits per heavy atom. The Bertz CT molecular complexity index is 1750. The average molecular weight is 676 g/mol. The molecule has 1 spiro atoms. The third kappa shape index (κ3) is 6.84. The number of rotatable bonds is 11. The summed E-state index contributed by atoms with van der Waals surface area (Å²) >= 11 is 6.40. The highest BCUT2D eigenvalue weighted by atomic mass is 35.5. The number of halogens is 1. The van der Waals surface area contributed by atoms with Gasteiger partial charge in [0.1, 0.15) is 11.0 Å². The van der Waals surface area contributed by atoms with E-state index in [9.17, 15) is 18.3 Å². The van der Waals surface area contributed by atoms with Crippen LogP contribution in [0.5, 0.6) is 5.75 Å². The molecule has 0 bridgehead atoms. The molecule has 2 aliphatic carbocycles. The molecule has 248 valence electrons. The molecule has 2 aromatic carbocycles. The fraction of sp³-hybridized carbons (Fsp3) is 0.405. The molecule has 6 rings (SSSR count). The van der Waals surface area contributed by atoms with E-state index >= 15 is 0 Å². The molecular weight excluding hydrogens is 634 g/mol. The number of amides is 1. The fourth-order valence-corrected chi connectivity index (χ4v) is 9.16. The highest BCUT2D eigenvalue weighted by Crippen LogP contribution is 2.46. The molecule has 47 heavy (non-hydrogen) atoms. The van der Waals surface area contributed by atoms with Gasteiger partial charge in [-0.3, -0.25) is 9.78 Å². The Labute approximate surface area is 282 Å². The summed E-state index contributed by atoms with van der Waals surface area (Å²) in [6.07, 6.45) is 9.67. The Balaban J connectivity index is 1.33. The number of aromatic nitrogens is 1. The predicted octanol–water partition coefficient (Wildman–Crippen LogP) is 6.55. The number of hydrogen-bond acceptors (Lipinski definition) is 7. The number of anilines is 1. The van der Waals surface area contributed by atoms with Crippen LogP contribution in [0, 0.1) is 11.8 Å². The van der Waals surface area contributed by atoms with Crippen molar-refractivity contribution in [1.82, 2.24) is 9.71 Å². The van der Waals surface area contributed by atoms with E-state index in [4.69, 9.17) is 16.3 Å². The Kier molecular flexibility index (Phi) is 9.78. The minimum Gasteiger partial charge on any atom is -0.490 e. The number of nitrogens with zero attached hydrogens (tertiary/aromatic N) is 2. The lowest BCUT2D eigenvalue weighted by molar-refractivity contribution is 0.0460. The molecule has 3 aromatic rings. The van der Waals surface area contributed by atoms with Gasteiger partial charge in [0.25, 0.3) is 5.91 Å². The molecule has 2 N–H and O–H groups in total. The van der Waals surface area contributed by atoms with Crippen molar-refractivity contribution in [1.29, 1.82) is 0 Å². The number of ether oxygens (including phenoxy) is 1. The maximum atomic E-state index is 13.7. The number of aryl methyl sites for hydroxylation is 1. The van der Waals surface area contributed by atoms with Gasteiger partial charge in [0.15, 0.2) is 0 Å². The van der Waals surface area contributed by atoms with Crippen LogP contribution in [0.4, 0.5) is 5.69 Å². The number of nitrogens with one attached hydrogen (secondary N) is 1. The largest absolute Gasteiger partial charge is 0.490 e. The molecule has 1 aliphatic heterocycles. The second-order valence-electron chi connectivity index (χ2n) is 13.1. The van der Waals surface area contributed by atoms with Gasteiger partial charge in [-0.25, -0.2) is 13.1 Å². The van der Waals surface area contributed by atoms with Gasteiger partial charge in [0.05, 0.1) is 24.1 Å². The number of allylic oxidation sites excluding steroid dienone is 1. The molecule has 8 nitrogen and oxygen atoms in total. The van der Waals surface area contributed by atoms with Crippen LogP contribution >= 0.6 is 11.6 Å². The summed E-state index contributed by atoms with van der Waals surface area (Å²) in [5.74, 6) is 0.248. The van der Waals surface area contributed by atoms with Crippen molar-refractivity contribution in [2.45, 2.75) is 61.7 Å². The number of fused-ring (bicyclic) bond motifs is 3. The standard InChI is InChI=1S/C37H42ClN3O5S/c1-3-5-11-35(31-10-6-7-19-39-31)47(44,45)40-36(43)26-13-17-34-32(21-26)41(22-27-12-15-29(27)33(42)4-2)23-37(24-46-34)18-8-9-25-20-28(38)14-16-30(25)37/h3-4,6-7,10,13-14,16-17,19-21,27,29,33,35,42H,1-2,5,8-9,11-12,15,18,22-24H2,(H,40,43)/t27-,29+,33-,35+,37-/m0/s1. The predicted molar refractivity (Wildman–Crippen MR) is 185 cm³/mol. The smallest absolute Gasteiger partial charge is 0.264 e. The maximum Gasteiger partial charge on any atom is 0.264 e. The van der Waals surface area contributed by atoms with Crippen molar-refractivity contribution in [3.8, 4) is 5.75 Å². The van der Waals surface area contributed by atoms with Crippen molar-refractivity contribution in [3.05, 3.63) is 114 Å².